The highest BCUT2D eigenvalue weighted by atomic mass is 32.1. The fraction of sp³-hybridized carbons (Fsp3) is 0.444. The number of carbonyl (C=O) groups excluding carboxylic acids is 1. The number of ether oxygens (including phenoxy) is 1. The highest BCUT2D eigenvalue weighted by Gasteiger charge is 2.21. The number of carbonyl (C=O) groups is 1. The van der Waals surface area contributed by atoms with Crippen LogP contribution in [0, 0.1) is 5.92 Å². The predicted molar refractivity (Wildman–Crippen MR) is 91.6 cm³/mol. The van der Waals surface area contributed by atoms with Gasteiger partial charge in [-0.1, -0.05) is 30.3 Å². The number of nitrogens with zero attached hydrogens (tertiary/aromatic N) is 2. The first-order valence-electron chi connectivity index (χ1n) is 8.03. The molecule has 122 valence electrons. The van der Waals surface area contributed by atoms with E-state index in [0.717, 1.165) is 30.6 Å². The molecule has 1 aliphatic rings. The maximum absolute atomic E-state index is 11.4. The minimum atomic E-state index is -0.353. The van der Waals surface area contributed by atoms with E-state index in [2.05, 4.69) is 40.2 Å². The highest BCUT2D eigenvalue weighted by molar-refractivity contribution is 7.09. The summed E-state index contributed by atoms with van der Waals surface area (Å²) in [5, 5.41) is 2.77. The van der Waals surface area contributed by atoms with E-state index in [-0.39, 0.29) is 5.97 Å². The van der Waals surface area contributed by atoms with Crippen LogP contribution in [-0.4, -0.2) is 36.1 Å². The molecule has 0 aliphatic carbocycles. The van der Waals surface area contributed by atoms with Gasteiger partial charge in [0.05, 0.1) is 13.7 Å². The van der Waals surface area contributed by atoms with Crippen molar-refractivity contribution in [3.05, 3.63) is 52.0 Å². The Morgan fingerprint density at radius 1 is 1.30 bits per heavy atom. The van der Waals surface area contributed by atoms with Crippen LogP contribution < -0.4 is 0 Å². The van der Waals surface area contributed by atoms with E-state index in [9.17, 15) is 4.79 Å². The Bertz CT molecular complexity index is 633. The Kier molecular flexibility index (Phi) is 5.41. The molecular formula is C18H22N2O2S. The molecule has 2 heterocycles. The topological polar surface area (TPSA) is 42.4 Å². The Balaban J connectivity index is 1.47. The number of rotatable bonds is 5. The van der Waals surface area contributed by atoms with Crippen LogP contribution in [0.5, 0.6) is 0 Å². The largest absolute Gasteiger partial charge is 0.464 e. The average Bonchev–Trinajstić information content (AvgIpc) is 3.05. The van der Waals surface area contributed by atoms with Crippen molar-refractivity contribution in [3.63, 3.8) is 0 Å². The maximum Gasteiger partial charge on any atom is 0.357 e. The quantitative estimate of drug-likeness (QED) is 0.788. The molecule has 23 heavy (non-hydrogen) atoms. The zero-order valence-electron chi connectivity index (χ0n) is 13.4. The average molecular weight is 330 g/mol. The number of methoxy groups -OCH3 is 1. The lowest BCUT2D eigenvalue weighted by atomic mass is 9.90. The van der Waals surface area contributed by atoms with Crippen LogP contribution in [0.3, 0.4) is 0 Å². The van der Waals surface area contributed by atoms with E-state index < -0.39 is 0 Å². The van der Waals surface area contributed by atoms with Gasteiger partial charge in [-0.3, -0.25) is 4.90 Å². The van der Waals surface area contributed by atoms with Gasteiger partial charge in [0.1, 0.15) is 5.01 Å². The summed E-state index contributed by atoms with van der Waals surface area (Å²) in [4.78, 5) is 18.2. The second-order valence-corrected chi connectivity index (χ2v) is 6.97. The van der Waals surface area contributed by atoms with Gasteiger partial charge in [0, 0.05) is 5.38 Å². The number of hydrogen-bond acceptors (Lipinski definition) is 5. The van der Waals surface area contributed by atoms with Crippen molar-refractivity contribution in [2.45, 2.75) is 25.8 Å². The first kappa shape index (κ1) is 16.1. The van der Waals surface area contributed by atoms with Gasteiger partial charge >= 0.3 is 5.97 Å². The fourth-order valence-corrected chi connectivity index (χ4v) is 3.87. The van der Waals surface area contributed by atoms with Crippen molar-refractivity contribution in [3.8, 4) is 0 Å². The van der Waals surface area contributed by atoms with Gasteiger partial charge < -0.3 is 4.74 Å². The summed E-state index contributed by atoms with van der Waals surface area (Å²) in [6.45, 7) is 3.04. The van der Waals surface area contributed by atoms with Crippen molar-refractivity contribution in [2.75, 3.05) is 20.2 Å². The van der Waals surface area contributed by atoms with E-state index in [1.807, 2.05) is 0 Å². The van der Waals surface area contributed by atoms with E-state index >= 15 is 0 Å². The standard InChI is InChI=1S/C18H22N2O2S/c1-22-18(21)16-13-23-17(19-16)12-20-9-7-15(8-10-20)11-14-5-3-2-4-6-14/h2-6,13,15H,7-12H2,1H3. The fourth-order valence-electron chi connectivity index (χ4n) is 3.07. The summed E-state index contributed by atoms with van der Waals surface area (Å²) in [5.74, 6) is 0.421. The molecule has 1 saturated heterocycles. The number of likely N-dealkylation sites (tertiary alicyclic amines) is 1. The molecule has 1 aromatic carbocycles. The molecule has 1 fully saturated rings. The molecule has 1 aromatic heterocycles. The minimum absolute atomic E-state index is 0.353. The number of piperidine rings is 1. The first-order valence-corrected chi connectivity index (χ1v) is 8.91. The lowest BCUT2D eigenvalue weighted by Crippen LogP contribution is -2.33. The Hall–Kier alpha value is -1.72. The summed E-state index contributed by atoms with van der Waals surface area (Å²) < 4.78 is 4.70. The molecular weight excluding hydrogens is 308 g/mol. The SMILES string of the molecule is COC(=O)c1csc(CN2CCC(Cc3ccccc3)CC2)n1. The zero-order chi connectivity index (χ0) is 16.1. The molecule has 0 saturated carbocycles. The monoisotopic (exact) mass is 330 g/mol. The van der Waals surface area contributed by atoms with Crippen LogP contribution in [0.15, 0.2) is 35.7 Å². The normalized spacial score (nSPS) is 16.4. The third-order valence-corrected chi connectivity index (χ3v) is 5.21. The van der Waals surface area contributed by atoms with Crippen LogP contribution in [-0.2, 0) is 17.7 Å². The molecule has 0 bridgehead atoms. The Morgan fingerprint density at radius 3 is 2.74 bits per heavy atom. The Labute approximate surface area is 141 Å². The van der Waals surface area contributed by atoms with Crippen LogP contribution in [0.4, 0.5) is 0 Å². The number of esters is 1. The summed E-state index contributed by atoms with van der Waals surface area (Å²) in [6.07, 6.45) is 3.63. The molecule has 3 rings (SSSR count). The van der Waals surface area contributed by atoms with Crippen molar-refractivity contribution < 1.29 is 9.53 Å². The molecule has 5 heteroatoms. The lowest BCUT2D eigenvalue weighted by Gasteiger charge is -2.31. The number of thiazole rings is 1. The summed E-state index contributed by atoms with van der Waals surface area (Å²) in [5.41, 5.74) is 1.86. The second kappa shape index (κ2) is 7.70. The first-order chi connectivity index (χ1) is 11.2. The molecule has 0 spiro atoms. The Morgan fingerprint density at radius 2 is 2.04 bits per heavy atom. The van der Waals surface area contributed by atoms with Gasteiger partial charge in [-0.05, 0) is 43.8 Å². The van der Waals surface area contributed by atoms with E-state index in [4.69, 9.17) is 4.74 Å². The zero-order valence-corrected chi connectivity index (χ0v) is 14.2. The van der Waals surface area contributed by atoms with Crippen molar-refractivity contribution >= 4 is 17.3 Å². The smallest absolute Gasteiger partial charge is 0.357 e. The van der Waals surface area contributed by atoms with Gasteiger partial charge in [0.25, 0.3) is 0 Å². The molecule has 2 aromatic rings. The van der Waals surface area contributed by atoms with E-state index in [1.54, 1.807) is 5.38 Å². The van der Waals surface area contributed by atoms with Crippen LogP contribution in [0.1, 0.15) is 33.9 Å². The van der Waals surface area contributed by atoms with Gasteiger partial charge in [0.2, 0.25) is 0 Å². The maximum atomic E-state index is 11.4. The molecule has 0 unspecified atom stereocenters. The van der Waals surface area contributed by atoms with Crippen molar-refractivity contribution in [1.29, 1.82) is 0 Å². The predicted octanol–water partition coefficient (Wildman–Crippen LogP) is 3.38. The molecule has 0 atom stereocenters. The van der Waals surface area contributed by atoms with Gasteiger partial charge in [-0.2, -0.15) is 0 Å². The summed E-state index contributed by atoms with van der Waals surface area (Å²) in [7, 11) is 1.39. The second-order valence-electron chi connectivity index (χ2n) is 6.03. The highest BCUT2D eigenvalue weighted by Crippen LogP contribution is 2.23. The van der Waals surface area contributed by atoms with Gasteiger partial charge in [0.15, 0.2) is 5.69 Å². The number of hydrogen-bond donors (Lipinski definition) is 0. The van der Waals surface area contributed by atoms with Gasteiger partial charge in [-0.15, -0.1) is 11.3 Å². The van der Waals surface area contributed by atoms with Crippen molar-refractivity contribution in [2.24, 2.45) is 5.92 Å². The third-order valence-electron chi connectivity index (χ3n) is 4.38. The third kappa shape index (κ3) is 4.39. The number of aromatic nitrogens is 1. The molecule has 4 nitrogen and oxygen atoms in total. The van der Waals surface area contributed by atoms with E-state index in [1.165, 1.54) is 43.3 Å². The summed E-state index contributed by atoms with van der Waals surface area (Å²) >= 11 is 1.54. The van der Waals surface area contributed by atoms with Gasteiger partial charge in [-0.25, -0.2) is 9.78 Å². The van der Waals surface area contributed by atoms with Crippen molar-refractivity contribution in [1.82, 2.24) is 9.88 Å². The van der Waals surface area contributed by atoms with Crippen LogP contribution in [0.25, 0.3) is 0 Å². The molecule has 0 radical (unpaired) electrons. The summed E-state index contributed by atoms with van der Waals surface area (Å²) in [6, 6.07) is 10.7. The molecule has 0 amide bonds. The number of benzene rings is 1. The van der Waals surface area contributed by atoms with Crippen LogP contribution in [0.2, 0.25) is 0 Å². The minimum Gasteiger partial charge on any atom is -0.464 e. The van der Waals surface area contributed by atoms with E-state index in [0.29, 0.717) is 5.69 Å². The lowest BCUT2D eigenvalue weighted by molar-refractivity contribution is 0.0594. The molecule has 1 aliphatic heterocycles. The molecule has 0 N–H and O–H groups in total. The van der Waals surface area contributed by atoms with Crippen LogP contribution >= 0.6 is 11.3 Å².